The van der Waals surface area contributed by atoms with Gasteiger partial charge in [-0.1, -0.05) is 0 Å². The number of halogens is 2. The van der Waals surface area contributed by atoms with Crippen molar-refractivity contribution < 1.29 is 9.90 Å². The minimum absolute atomic E-state index is 0. The summed E-state index contributed by atoms with van der Waals surface area (Å²) in [5.41, 5.74) is 3.01. The first-order chi connectivity index (χ1) is 8.24. The highest BCUT2D eigenvalue weighted by molar-refractivity contribution is 5.91. The Morgan fingerprint density at radius 2 is 2.11 bits per heavy atom. The number of aromatic nitrogens is 2. The van der Waals surface area contributed by atoms with Crippen LogP contribution >= 0.6 is 24.8 Å². The van der Waals surface area contributed by atoms with Crippen molar-refractivity contribution in [2.75, 3.05) is 6.54 Å². The Morgan fingerprint density at radius 3 is 2.84 bits per heavy atom. The molecule has 3 rings (SSSR count). The zero-order valence-electron chi connectivity index (χ0n) is 9.92. The quantitative estimate of drug-likeness (QED) is 0.840. The van der Waals surface area contributed by atoms with Gasteiger partial charge in [0.05, 0.1) is 5.56 Å². The van der Waals surface area contributed by atoms with Gasteiger partial charge in [-0.25, -0.2) is 14.8 Å². The van der Waals surface area contributed by atoms with E-state index in [2.05, 4.69) is 15.3 Å². The van der Waals surface area contributed by atoms with E-state index >= 15 is 0 Å². The fraction of sp³-hybridized carbons (Fsp3) is 0.250. The van der Waals surface area contributed by atoms with Crippen LogP contribution < -0.4 is 5.32 Å². The number of hydrogen-bond acceptors (Lipinski definition) is 4. The van der Waals surface area contributed by atoms with Gasteiger partial charge in [-0.05, 0) is 17.7 Å². The third-order valence-electron chi connectivity index (χ3n) is 2.94. The fourth-order valence-electron chi connectivity index (χ4n) is 2.06. The van der Waals surface area contributed by atoms with E-state index in [4.69, 9.17) is 5.11 Å². The summed E-state index contributed by atoms with van der Waals surface area (Å²) < 4.78 is 0. The molecule has 0 aromatic carbocycles. The topological polar surface area (TPSA) is 75.1 Å². The molecule has 2 aromatic heterocycles. The van der Waals surface area contributed by atoms with E-state index < -0.39 is 5.97 Å². The molecule has 2 aromatic rings. The largest absolute Gasteiger partial charge is 0.478 e. The van der Waals surface area contributed by atoms with Gasteiger partial charge in [0.2, 0.25) is 0 Å². The van der Waals surface area contributed by atoms with Crippen molar-refractivity contribution in [1.82, 2.24) is 15.3 Å². The van der Waals surface area contributed by atoms with E-state index in [0.29, 0.717) is 5.65 Å². The standard InChI is InChI=1S/C12H11N3O2.2ClH/c16-12(17)9-4-7-3-8-5-13-2-1-10(8)15-11(7)14-6-9;;/h3-4,6,13H,1-2,5H2,(H,16,17);2*1H. The van der Waals surface area contributed by atoms with E-state index in [1.54, 1.807) is 6.07 Å². The lowest BCUT2D eigenvalue weighted by molar-refractivity contribution is 0.0696. The molecule has 0 radical (unpaired) electrons. The molecule has 0 amide bonds. The van der Waals surface area contributed by atoms with Gasteiger partial charge in [-0.3, -0.25) is 0 Å². The normalized spacial score (nSPS) is 13.1. The Morgan fingerprint density at radius 1 is 1.32 bits per heavy atom. The first-order valence-corrected chi connectivity index (χ1v) is 5.46. The Kier molecular flexibility index (Phi) is 5.05. The Hall–Kier alpha value is -1.43. The van der Waals surface area contributed by atoms with Crippen molar-refractivity contribution in [1.29, 1.82) is 0 Å². The van der Waals surface area contributed by atoms with Gasteiger partial charge in [0.1, 0.15) is 0 Å². The van der Waals surface area contributed by atoms with Gasteiger partial charge >= 0.3 is 5.97 Å². The number of carboxylic acids is 1. The minimum Gasteiger partial charge on any atom is -0.478 e. The second-order valence-electron chi connectivity index (χ2n) is 4.10. The molecule has 0 saturated heterocycles. The second-order valence-corrected chi connectivity index (χ2v) is 4.10. The van der Waals surface area contributed by atoms with Crippen LogP contribution in [0, 0.1) is 0 Å². The van der Waals surface area contributed by atoms with E-state index in [1.807, 2.05) is 6.07 Å². The average Bonchev–Trinajstić information content (AvgIpc) is 2.35. The highest BCUT2D eigenvalue weighted by atomic mass is 35.5. The van der Waals surface area contributed by atoms with Crippen LogP contribution in [0.5, 0.6) is 0 Å². The monoisotopic (exact) mass is 301 g/mol. The number of rotatable bonds is 1. The first-order valence-electron chi connectivity index (χ1n) is 5.46. The number of aromatic carboxylic acids is 1. The Labute approximate surface area is 122 Å². The van der Waals surface area contributed by atoms with Crippen LogP contribution in [0.2, 0.25) is 0 Å². The highest BCUT2D eigenvalue weighted by Crippen LogP contribution is 2.18. The predicted molar refractivity (Wildman–Crippen MR) is 76.4 cm³/mol. The van der Waals surface area contributed by atoms with Gasteiger partial charge in [-0.15, -0.1) is 24.8 Å². The van der Waals surface area contributed by atoms with Crippen LogP contribution in [-0.4, -0.2) is 27.6 Å². The molecule has 0 unspecified atom stereocenters. The van der Waals surface area contributed by atoms with Crippen molar-refractivity contribution in [3.63, 3.8) is 0 Å². The molecule has 0 spiro atoms. The number of nitrogens with one attached hydrogen (secondary N) is 1. The summed E-state index contributed by atoms with van der Waals surface area (Å²) in [6.07, 6.45) is 2.25. The van der Waals surface area contributed by atoms with Crippen molar-refractivity contribution in [3.05, 3.63) is 35.2 Å². The van der Waals surface area contributed by atoms with Crippen LogP contribution in [0.1, 0.15) is 21.6 Å². The summed E-state index contributed by atoms with van der Waals surface area (Å²) in [6, 6.07) is 3.59. The van der Waals surface area contributed by atoms with Gasteiger partial charge in [0.15, 0.2) is 5.65 Å². The van der Waals surface area contributed by atoms with Gasteiger partial charge < -0.3 is 10.4 Å². The summed E-state index contributed by atoms with van der Waals surface area (Å²) in [4.78, 5) is 19.4. The van der Waals surface area contributed by atoms with Gasteiger partial charge in [0.25, 0.3) is 0 Å². The predicted octanol–water partition coefficient (Wildman–Crippen LogP) is 1.82. The molecule has 0 bridgehead atoms. The van der Waals surface area contributed by atoms with Crippen LogP contribution in [0.15, 0.2) is 18.3 Å². The summed E-state index contributed by atoms with van der Waals surface area (Å²) >= 11 is 0. The number of hydrogen-bond donors (Lipinski definition) is 2. The molecule has 3 heterocycles. The molecule has 1 aliphatic rings. The smallest absolute Gasteiger partial charge is 0.337 e. The maximum Gasteiger partial charge on any atom is 0.337 e. The van der Waals surface area contributed by atoms with Gasteiger partial charge in [0, 0.05) is 36.8 Å². The maximum atomic E-state index is 10.9. The molecule has 7 heteroatoms. The fourth-order valence-corrected chi connectivity index (χ4v) is 2.06. The summed E-state index contributed by atoms with van der Waals surface area (Å²) in [7, 11) is 0. The van der Waals surface area contributed by atoms with Crippen LogP contribution in [0.3, 0.4) is 0 Å². The maximum absolute atomic E-state index is 10.9. The minimum atomic E-state index is -0.963. The van der Waals surface area contributed by atoms with Gasteiger partial charge in [-0.2, -0.15) is 0 Å². The molecule has 1 aliphatic heterocycles. The first kappa shape index (κ1) is 15.6. The van der Waals surface area contributed by atoms with E-state index in [0.717, 1.165) is 36.2 Å². The lowest BCUT2D eigenvalue weighted by atomic mass is 10.1. The Balaban J connectivity index is 0.000000902. The molecular formula is C12H13Cl2N3O2. The van der Waals surface area contributed by atoms with Crippen molar-refractivity contribution >= 4 is 41.8 Å². The van der Waals surface area contributed by atoms with E-state index in [-0.39, 0.29) is 30.4 Å². The average molecular weight is 302 g/mol. The molecular weight excluding hydrogens is 289 g/mol. The summed E-state index contributed by atoms with van der Waals surface area (Å²) in [6.45, 7) is 1.72. The third-order valence-corrected chi connectivity index (χ3v) is 2.94. The zero-order valence-corrected chi connectivity index (χ0v) is 11.6. The summed E-state index contributed by atoms with van der Waals surface area (Å²) in [5.74, 6) is -0.963. The third kappa shape index (κ3) is 2.94. The SMILES string of the molecule is Cl.Cl.O=C(O)c1cnc2nc3c(cc2c1)CNCC3. The van der Waals surface area contributed by atoms with Crippen LogP contribution in [-0.2, 0) is 13.0 Å². The molecule has 0 saturated carbocycles. The van der Waals surface area contributed by atoms with Crippen LogP contribution in [0.25, 0.3) is 11.0 Å². The number of pyridine rings is 2. The zero-order chi connectivity index (χ0) is 11.8. The van der Waals surface area contributed by atoms with Crippen LogP contribution in [0.4, 0.5) is 0 Å². The number of carbonyl (C=O) groups is 1. The molecule has 19 heavy (non-hydrogen) atoms. The second kappa shape index (κ2) is 6.14. The summed E-state index contributed by atoms with van der Waals surface area (Å²) in [5, 5.41) is 13.0. The van der Waals surface area contributed by atoms with E-state index in [9.17, 15) is 4.79 Å². The molecule has 0 fully saturated rings. The van der Waals surface area contributed by atoms with Crippen molar-refractivity contribution in [3.8, 4) is 0 Å². The molecule has 0 aliphatic carbocycles. The van der Waals surface area contributed by atoms with E-state index in [1.165, 1.54) is 6.20 Å². The van der Waals surface area contributed by atoms with Crippen molar-refractivity contribution in [2.24, 2.45) is 0 Å². The number of fused-ring (bicyclic) bond motifs is 2. The molecule has 0 atom stereocenters. The Bertz CT molecular complexity index is 619. The lowest BCUT2D eigenvalue weighted by Crippen LogP contribution is -2.24. The molecule has 102 valence electrons. The lowest BCUT2D eigenvalue weighted by Gasteiger charge is -2.16. The molecule has 2 N–H and O–H groups in total. The molecule has 5 nitrogen and oxygen atoms in total. The number of nitrogens with zero attached hydrogens (tertiary/aromatic N) is 2. The number of carboxylic acid groups (broad SMARTS) is 1. The highest BCUT2D eigenvalue weighted by Gasteiger charge is 2.13. The van der Waals surface area contributed by atoms with Crippen molar-refractivity contribution in [2.45, 2.75) is 13.0 Å².